The zero-order valence-electron chi connectivity index (χ0n) is 26.2. The molecule has 7 aromatic carbocycles. The van der Waals surface area contributed by atoms with E-state index in [2.05, 4.69) is 83.8 Å². The van der Waals surface area contributed by atoms with Crippen molar-refractivity contribution in [2.24, 2.45) is 0 Å². The Balaban J connectivity index is 1.30. The molecule has 0 bridgehead atoms. The predicted octanol–water partition coefficient (Wildman–Crippen LogP) is 11.3. The Kier molecular flexibility index (Phi) is 6.11. The number of fused-ring (bicyclic) bond motifs is 8. The highest BCUT2D eigenvalue weighted by Crippen LogP contribution is 2.43. The lowest BCUT2D eigenvalue weighted by atomic mass is 9.89. The van der Waals surface area contributed by atoms with Gasteiger partial charge in [0.25, 0.3) is 0 Å². The lowest BCUT2D eigenvalue weighted by Crippen LogP contribution is -2.00. The van der Waals surface area contributed by atoms with Crippen molar-refractivity contribution >= 4 is 54.3 Å². The fourth-order valence-electron chi connectivity index (χ4n) is 7.14. The van der Waals surface area contributed by atoms with Crippen LogP contribution < -0.4 is 0 Å². The molecule has 49 heavy (non-hydrogen) atoms. The normalized spacial score (nSPS) is 11.7. The van der Waals surface area contributed by atoms with Crippen LogP contribution in [0.15, 0.2) is 162 Å². The zero-order valence-corrected chi connectivity index (χ0v) is 26.2. The van der Waals surface area contributed by atoms with Crippen molar-refractivity contribution in [1.29, 1.82) is 0 Å². The van der Waals surface area contributed by atoms with E-state index in [1.54, 1.807) is 12.4 Å². The Labute approximate surface area is 281 Å². The molecule has 0 fully saturated rings. The molecule has 228 valence electrons. The van der Waals surface area contributed by atoms with Crippen molar-refractivity contribution < 1.29 is 4.42 Å². The summed E-state index contributed by atoms with van der Waals surface area (Å²) in [5.74, 6) is 1.80. The first-order valence-electron chi connectivity index (χ1n) is 16.3. The molecule has 0 spiro atoms. The zero-order chi connectivity index (χ0) is 32.3. The van der Waals surface area contributed by atoms with Crippen molar-refractivity contribution in [3.8, 4) is 45.3 Å². The SMILES string of the molecule is c1ccc(-c2nc(-c3ccccc3)nc(-c3cc(-c4cc5ccc6ccccc6c5c5ccccc45)cc4oc5cnccc5c34)n2)cc1. The Morgan fingerprint density at radius 1 is 0.388 bits per heavy atom. The van der Waals surface area contributed by atoms with Gasteiger partial charge in [0.1, 0.15) is 5.58 Å². The number of aromatic nitrogens is 4. The third-order valence-corrected chi connectivity index (χ3v) is 9.37. The van der Waals surface area contributed by atoms with E-state index in [1.807, 2.05) is 66.7 Å². The molecule has 0 saturated heterocycles. The van der Waals surface area contributed by atoms with E-state index < -0.39 is 0 Å². The van der Waals surface area contributed by atoms with Crippen LogP contribution >= 0.6 is 0 Å². The van der Waals surface area contributed by atoms with Gasteiger partial charge in [-0.15, -0.1) is 0 Å². The molecule has 0 aliphatic heterocycles. The second kappa shape index (κ2) is 10.9. The van der Waals surface area contributed by atoms with Crippen LogP contribution in [0.4, 0.5) is 0 Å². The summed E-state index contributed by atoms with van der Waals surface area (Å²) >= 11 is 0. The smallest absolute Gasteiger partial charge is 0.164 e. The highest BCUT2D eigenvalue weighted by Gasteiger charge is 2.21. The molecule has 0 radical (unpaired) electrons. The number of furan rings is 1. The van der Waals surface area contributed by atoms with Crippen LogP contribution in [-0.2, 0) is 0 Å². The van der Waals surface area contributed by atoms with Gasteiger partial charge in [-0.3, -0.25) is 4.98 Å². The first kappa shape index (κ1) is 27.4. The largest absolute Gasteiger partial charge is 0.454 e. The van der Waals surface area contributed by atoms with E-state index in [9.17, 15) is 0 Å². The summed E-state index contributed by atoms with van der Waals surface area (Å²) in [5, 5.41) is 9.19. The quantitative estimate of drug-likeness (QED) is 0.182. The molecule has 0 saturated carbocycles. The Morgan fingerprint density at radius 2 is 1.02 bits per heavy atom. The van der Waals surface area contributed by atoms with Gasteiger partial charge in [-0.1, -0.05) is 121 Å². The second-order valence-electron chi connectivity index (χ2n) is 12.3. The van der Waals surface area contributed by atoms with Crippen LogP contribution in [0, 0.1) is 0 Å². The number of nitrogens with zero attached hydrogens (tertiary/aromatic N) is 4. The van der Waals surface area contributed by atoms with Gasteiger partial charge in [0.2, 0.25) is 0 Å². The van der Waals surface area contributed by atoms with E-state index in [-0.39, 0.29) is 0 Å². The van der Waals surface area contributed by atoms with Crippen molar-refractivity contribution in [2.75, 3.05) is 0 Å². The summed E-state index contributed by atoms with van der Waals surface area (Å²) in [6, 6.07) is 50.5. The highest BCUT2D eigenvalue weighted by atomic mass is 16.3. The Bertz CT molecular complexity index is 2820. The summed E-state index contributed by atoms with van der Waals surface area (Å²) in [4.78, 5) is 19.6. The maximum Gasteiger partial charge on any atom is 0.164 e. The minimum atomic E-state index is 0.579. The maximum absolute atomic E-state index is 6.53. The number of hydrogen-bond acceptors (Lipinski definition) is 5. The topological polar surface area (TPSA) is 64.7 Å². The molecule has 10 rings (SSSR count). The third-order valence-electron chi connectivity index (χ3n) is 9.37. The summed E-state index contributed by atoms with van der Waals surface area (Å²) < 4.78 is 6.53. The van der Waals surface area contributed by atoms with Crippen LogP contribution in [0.25, 0.3) is 99.5 Å². The minimum absolute atomic E-state index is 0.579. The predicted molar refractivity (Wildman–Crippen MR) is 199 cm³/mol. The molecule has 10 aromatic rings. The molecule has 0 unspecified atom stereocenters. The van der Waals surface area contributed by atoms with Crippen LogP contribution in [0.5, 0.6) is 0 Å². The molecule has 0 amide bonds. The fraction of sp³-hybridized carbons (Fsp3) is 0. The molecule has 0 aliphatic rings. The second-order valence-corrected chi connectivity index (χ2v) is 12.3. The third kappa shape index (κ3) is 4.48. The molecule has 0 N–H and O–H groups in total. The lowest BCUT2D eigenvalue weighted by molar-refractivity contribution is 0.667. The van der Waals surface area contributed by atoms with Crippen LogP contribution in [0.2, 0.25) is 0 Å². The van der Waals surface area contributed by atoms with Crippen molar-refractivity contribution in [3.63, 3.8) is 0 Å². The Morgan fingerprint density at radius 3 is 1.78 bits per heavy atom. The summed E-state index contributed by atoms with van der Waals surface area (Å²) in [6.45, 7) is 0. The summed E-state index contributed by atoms with van der Waals surface area (Å²) in [7, 11) is 0. The van der Waals surface area contributed by atoms with Crippen molar-refractivity contribution in [2.45, 2.75) is 0 Å². The summed E-state index contributed by atoms with van der Waals surface area (Å²) in [5.41, 5.74) is 6.31. The monoisotopic (exact) mass is 626 g/mol. The van der Waals surface area contributed by atoms with Crippen LogP contribution in [0.1, 0.15) is 0 Å². The highest BCUT2D eigenvalue weighted by molar-refractivity contribution is 6.24. The number of hydrogen-bond donors (Lipinski definition) is 0. The van der Waals surface area contributed by atoms with Gasteiger partial charge in [0.05, 0.1) is 6.20 Å². The first-order chi connectivity index (χ1) is 24.3. The number of benzene rings is 7. The van der Waals surface area contributed by atoms with Gasteiger partial charge in [0, 0.05) is 33.7 Å². The standard InChI is InChI=1S/C44H26N4O/c1-3-12-28(13-4-1)42-46-43(29-14-5-2-6-15-29)48-44(47-42)37-24-31(25-38-41(37)35-21-22-45-26-39(35)49-38)36-23-30-20-19-27-11-7-8-16-32(27)40(30)34-18-10-9-17-33(34)36/h1-26H. The Hall–Kier alpha value is -6.72. The van der Waals surface area contributed by atoms with Gasteiger partial charge >= 0.3 is 0 Å². The van der Waals surface area contributed by atoms with E-state index in [0.717, 1.165) is 44.2 Å². The molecule has 5 nitrogen and oxygen atoms in total. The van der Waals surface area contributed by atoms with E-state index in [4.69, 9.17) is 19.4 Å². The first-order valence-corrected chi connectivity index (χ1v) is 16.3. The van der Waals surface area contributed by atoms with Crippen LogP contribution in [0.3, 0.4) is 0 Å². The van der Waals surface area contributed by atoms with Crippen LogP contribution in [-0.4, -0.2) is 19.9 Å². The molecule has 0 aliphatic carbocycles. The van der Waals surface area contributed by atoms with Crippen molar-refractivity contribution in [3.05, 3.63) is 158 Å². The molecular formula is C44H26N4O. The van der Waals surface area contributed by atoms with E-state index in [0.29, 0.717) is 23.1 Å². The van der Waals surface area contributed by atoms with Gasteiger partial charge in [-0.05, 0) is 67.7 Å². The van der Waals surface area contributed by atoms with E-state index in [1.165, 1.54) is 32.3 Å². The number of rotatable bonds is 4. The van der Waals surface area contributed by atoms with Crippen molar-refractivity contribution in [1.82, 2.24) is 19.9 Å². The fourth-order valence-corrected chi connectivity index (χ4v) is 7.14. The van der Waals surface area contributed by atoms with Gasteiger partial charge < -0.3 is 4.42 Å². The van der Waals surface area contributed by atoms with Gasteiger partial charge in [-0.2, -0.15) is 0 Å². The lowest BCUT2D eigenvalue weighted by Gasteiger charge is -2.15. The number of pyridine rings is 1. The van der Waals surface area contributed by atoms with Gasteiger partial charge in [0.15, 0.2) is 23.1 Å². The molecule has 0 atom stereocenters. The minimum Gasteiger partial charge on any atom is -0.454 e. The molecule has 3 aromatic heterocycles. The van der Waals surface area contributed by atoms with Gasteiger partial charge in [-0.25, -0.2) is 15.0 Å². The molecule has 3 heterocycles. The van der Waals surface area contributed by atoms with E-state index >= 15 is 0 Å². The maximum atomic E-state index is 6.53. The average Bonchev–Trinajstić information content (AvgIpc) is 3.56. The summed E-state index contributed by atoms with van der Waals surface area (Å²) in [6.07, 6.45) is 3.57. The molecular weight excluding hydrogens is 601 g/mol. The molecule has 5 heteroatoms. The average molecular weight is 627 g/mol.